The van der Waals surface area contributed by atoms with E-state index in [0.29, 0.717) is 12.3 Å². The van der Waals surface area contributed by atoms with Crippen LogP contribution in [0.1, 0.15) is 50.8 Å². The molecule has 3 aromatic rings. The second kappa shape index (κ2) is 9.47. The minimum absolute atomic E-state index is 0.102. The van der Waals surface area contributed by atoms with E-state index in [2.05, 4.69) is 49.7 Å². The molecular weight excluding hydrogens is 397 g/mol. The van der Waals surface area contributed by atoms with Crippen LogP contribution in [0, 0.1) is 5.82 Å². The Hall–Kier alpha value is -2.60. The van der Waals surface area contributed by atoms with E-state index in [0.717, 1.165) is 22.3 Å². The van der Waals surface area contributed by atoms with Crippen molar-refractivity contribution in [2.45, 2.75) is 56.7 Å². The Morgan fingerprint density at radius 2 is 1.77 bits per heavy atom. The number of hydrogen-bond acceptors (Lipinski definition) is 4. The summed E-state index contributed by atoms with van der Waals surface area (Å²) in [4.78, 5) is 0. The van der Waals surface area contributed by atoms with Gasteiger partial charge in [0, 0.05) is 12.3 Å². The molecule has 0 radical (unpaired) electrons. The van der Waals surface area contributed by atoms with Crippen LogP contribution in [0.25, 0.3) is 0 Å². The molecule has 0 saturated heterocycles. The van der Waals surface area contributed by atoms with Gasteiger partial charge in [-0.15, -0.1) is 16.8 Å². The van der Waals surface area contributed by atoms with Gasteiger partial charge in [-0.25, -0.2) is 4.39 Å². The number of nitrogens with zero attached hydrogens (tertiary/aromatic N) is 3. The molecule has 30 heavy (non-hydrogen) atoms. The topological polar surface area (TPSA) is 39.9 Å². The molecule has 158 valence electrons. The highest BCUT2D eigenvalue weighted by Crippen LogP contribution is 2.28. The normalized spacial score (nSPS) is 12.6. The molecule has 1 unspecified atom stereocenters. The van der Waals surface area contributed by atoms with Crippen molar-refractivity contribution in [3.63, 3.8) is 0 Å². The molecule has 0 N–H and O–H groups in total. The van der Waals surface area contributed by atoms with Crippen LogP contribution in [0.15, 0.2) is 66.3 Å². The first-order valence-corrected chi connectivity index (χ1v) is 10.9. The highest BCUT2D eigenvalue weighted by atomic mass is 32.2. The maximum atomic E-state index is 13.1. The van der Waals surface area contributed by atoms with E-state index in [1.54, 1.807) is 23.9 Å². The molecule has 0 spiro atoms. The molecule has 0 aliphatic rings. The van der Waals surface area contributed by atoms with Crippen molar-refractivity contribution in [2.24, 2.45) is 0 Å². The van der Waals surface area contributed by atoms with E-state index >= 15 is 0 Å². The fourth-order valence-electron chi connectivity index (χ4n) is 3.03. The highest BCUT2D eigenvalue weighted by molar-refractivity contribution is 7.98. The van der Waals surface area contributed by atoms with Gasteiger partial charge in [-0.2, -0.15) is 0 Å². The fourth-order valence-corrected chi connectivity index (χ4v) is 3.94. The van der Waals surface area contributed by atoms with Gasteiger partial charge in [-0.3, -0.25) is 4.57 Å². The van der Waals surface area contributed by atoms with Crippen molar-refractivity contribution in [3.8, 4) is 5.75 Å². The average Bonchev–Trinajstić information content (AvgIpc) is 3.10. The zero-order valence-electron chi connectivity index (χ0n) is 17.9. The van der Waals surface area contributed by atoms with Gasteiger partial charge in [-0.05, 0) is 47.7 Å². The van der Waals surface area contributed by atoms with E-state index in [-0.39, 0.29) is 17.3 Å². The van der Waals surface area contributed by atoms with Gasteiger partial charge in [-0.1, -0.05) is 62.9 Å². The molecule has 1 atom stereocenters. The second-order valence-corrected chi connectivity index (χ2v) is 9.13. The molecule has 0 fully saturated rings. The van der Waals surface area contributed by atoms with E-state index in [4.69, 9.17) is 4.74 Å². The zero-order chi connectivity index (χ0) is 21.7. The summed E-state index contributed by atoms with van der Waals surface area (Å²) in [7, 11) is 0. The minimum atomic E-state index is -0.266. The van der Waals surface area contributed by atoms with Crippen LogP contribution < -0.4 is 4.74 Å². The molecule has 1 aromatic heterocycles. The quantitative estimate of drug-likeness (QED) is 0.312. The van der Waals surface area contributed by atoms with E-state index in [1.807, 2.05) is 29.7 Å². The number of halogens is 1. The summed E-state index contributed by atoms with van der Waals surface area (Å²) < 4.78 is 21.3. The Balaban J connectivity index is 1.72. The summed E-state index contributed by atoms with van der Waals surface area (Å²) in [5.41, 5.74) is 2.39. The number of benzene rings is 2. The molecule has 1 heterocycles. The first-order valence-electron chi connectivity index (χ1n) is 9.96. The maximum Gasteiger partial charge on any atom is 0.191 e. The third-order valence-corrected chi connectivity index (χ3v) is 5.77. The van der Waals surface area contributed by atoms with Gasteiger partial charge in [0.2, 0.25) is 0 Å². The molecule has 3 rings (SSSR count). The second-order valence-electron chi connectivity index (χ2n) is 8.19. The Labute approximate surface area is 182 Å². The van der Waals surface area contributed by atoms with Crippen molar-refractivity contribution in [1.82, 2.24) is 14.8 Å². The minimum Gasteiger partial charge on any atom is -0.483 e. The van der Waals surface area contributed by atoms with E-state index in [9.17, 15) is 4.39 Å². The summed E-state index contributed by atoms with van der Waals surface area (Å²) in [5, 5.41) is 9.51. The zero-order valence-corrected chi connectivity index (χ0v) is 18.7. The number of rotatable bonds is 8. The number of aromatic nitrogens is 3. The molecule has 0 aliphatic carbocycles. The summed E-state index contributed by atoms with van der Waals surface area (Å²) in [6.07, 6.45) is 1.55. The highest BCUT2D eigenvalue weighted by Gasteiger charge is 2.20. The van der Waals surface area contributed by atoms with Crippen LogP contribution in [0.3, 0.4) is 0 Å². The van der Waals surface area contributed by atoms with Crippen molar-refractivity contribution < 1.29 is 9.13 Å². The van der Waals surface area contributed by atoms with Crippen LogP contribution in [0.5, 0.6) is 5.75 Å². The Kier molecular flexibility index (Phi) is 6.98. The summed E-state index contributed by atoms with van der Waals surface area (Å²) in [5.74, 6) is 1.99. The SMILES string of the molecule is C=CCn1c(SCc2ccc(F)cc2)nnc1C(C)Oc1ccc(C(C)(C)C)cc1. The third-order valence-electron chi connectivity index (χ3n) is 4.74. The third kappa shape index (κ3) is 5.51. The van der Waals surface area contributed by atoms with Gasteiger partial charge < -0.3 is 4.74 Å². The lowest BCUT2D eigenvalue weighted by Gasteiger charge is -2.20. The number of thioether (sulfide) groups is 1. The molecular formula is C24H28FN3OS. The lowest BCUT2D eigenvalue weighted by molar-refractivity contribution is 0.210. The largest absolute Gasteiger partial charge is 0.483 e. The lowest BCUT2D eigenvalue weighted by Crippen LogP contribution is -2.13. The predicted octanol–water partition coefficient (Wildman–Crippen LogP) is 6.33. The van der Waals surface area contributed by atoms with Gasteiger partial charge in [0.1, 0.15) is 11.6 Å². The van der Waals surface area contributed by atoms with Gasteiger partial charge in [0.25, 0.3) is 0 Å². The van der Waals surface area contributed by atoms with Gasteiger partial charge >= 0.3 is 0 Å². The number of hydrogen-bond donors (Lipinski definition) is 0. The Bertz CT molecular complexity index is 975. The average molecular weight is 426 g/mol. The smallest absolute Gasteiger partial charge is 0.191 e. The van der Waals surface area contributed by atoms with Crippen LogP contribution in [-0.4, -0.2) is 14.8 Å². The first kappa shape index (κ1) is 22.1. The Morgan fingerprint density at radius 1 is 1.10 bits per heavy atom. The van der Waals surface area contributed by atoms with Crippen LogP contribution in [0.2, 0.25) is 0 Å². The van der Waals surface area contributed by atoms with Crippen LogP contribution >= 0.6 is 11.8 Å². The van der Waals surface area contributed by atoms with Crippen molar-refractivity contribution in [3.05, 3.63) is 84.0 Å². The summed E-state index contributed by atoms with van der Waals surface area (Å²) in [6.45, 7) is 13.0. The molecule has 4 nitrogen and oxygen atoms in total. The van der Waals surface area contributed by atoms with E-state index in [1.165, 1.54) is 17.7 Å². The monoisotopic (exact) mass is 425 g/mol. The maximum absolute atomic E-state index is 13.1. The first-order chi connectivity index (χ1) is 14.3. The van der Waals surface area contributed by atoms with E-state index < -0.39 is 0 Å². The fraction of sp³-hybridized carbons (Fsp3) is 0.333. The summed E-state index contributed by atoms with van der Waals surface area (Å²) in [6, 6.07) is 14.7. The molecule has 0 amide bonds. The van der Waals surface area contributed by atoms with Crippen molar-refractivity contribution in [1.29, 1.82) is 0 Å². The number of allylic oxidation sites excluding steroid dienone is 1. The molecule has 6 heteroatoms. The predicted molar refractivity (Wildman–Crippen MR) is 120 cm³/mol. The van der Waals surface area contributed by atoms with Crippen molar-refractivity contribution >= 4 is 11.8 Å². The van der Waals surface area contributed by atoms with Crippen molar-refractivity contribution in [2.75, 3.05) is 0 Å². The lowest BCUT2D eigenvalue weighted by atomic mass is 9.87. The standard InChI is InChI=1S/C24H28FN3OS/c1-6-15-28-22(17(2)29-21-13-9-19(10-14-21)24(3,4)5)26-27-23(28)30-16-18-7-11-20(25)12-8-18/h6-14,17H,1,15-16H2,2-5H3. The Morgan fingerprint density at radius 3 is 2.37 bits per heavy atom. The molecule has 0 aliphatic heterocycles. The molecule has 0 bridgehead atoms. The van der Waals surface area contributed by atoms with Crippen LogP contribution in [-0.2, 0) is 17.7 Å². The number of ether oxygens (including phenoxy) is 1. The molecule has 2 aromatic carbocycles. The summed E-state index contributed by atoms with van der Waals surface area (Å²) >= 11 is 1.56. The van der Waals surface area contributed by atoms with Crippen LogP contribution in [0.4, 0.5) is 4.39 Å². The molecule has 0 saturated carbocycles. The van der Waals surface area contributed by atoms with Gasteiger partial charge in [0.05, 0.1) is 0 Å². The van der Waals surface area contributed by atoms with Gasteiger partial charge in [0.15, 0.2) is 17.1 Å².